The van der Waals surface area contributed by atoms with Crippen LogP contribution in [0, 0.1) is 0 Å². The van der Waals surface area contributed by atoms with Gasteiger partial charge in [0.15, 0.2) is 0 Å². The molecule has 0 saturated heterocycles. The average Bonchev–Trinajstić information content (AvgIpc) is 2.86. The van der Waals surface area contributed by atoms with Crippen LogP contribution in [0.4, 0.5) is 11.4 Å². The minimum atomic E-state index is -0.214. The fourth-order valence-corrected chi connectivity index (χ4v) is 2.67. The Kier molecular flexibility index (Phi) is 15.1. The van der Waals surface area contributed by atoms with Crippen molar-refractivity contribution in [3.8, 4) is 11.5 Å². The van der Waals surface area contributed by atoms with Gasteiger partial charge < -0.3 is 10.1 Å². The van der Waals surface area contributed by atoms with E-state index in [0.717, 1.165) is 22.9 Å². The van der Waals surface area contributed by atoms with E-state index in [-0.39, 0.29) is 11.8 Å². The van der Waals surface area contributed by atoms with Crippen LogP contribution in [0.5, 0.6) is 11.5 Å². The number of carbonyl (C=O) groups excluding carboxylic acids is 2. The molecule has 0 fully saturated rings. The topological polar surface area (TPSA) is 79.9 Å². The van der Waals surface area contributed by atoms with Crippen molar-refractivity contribution in [1.82, 2.24) is 4.90 Å². The molecule has 0 heterocycles. The summed E-state index contributed by atoms with van der Waals surface area (Å²) in [6, 6.07) is 14.4. The summed E-state index contributed by atoms with van der Waals surface area (Å²) in [7, 11) is 10.6. The standard InChI is InChI=1S/C13H16B4N2O2.C11H13NO2/c1-2-21-12-5-3-11(4-6-12)18-13(20)7-8-19(9-16-14)10-17-15;1-3-11(13)12-9-5-7-10(8-6-9)14-4-2/h3-6,9-10H,2,7-8H2,1H3,(H,18,20);3,5-8H,1,4H2,2H3,(H,12,13). The Bertz CT molecular complexity index is 956. The molecular weight excluding hydrogens is 438 g/mol. The van der Waals surface area contributed by atoms with E-state index in [1.807, 2.05) is 38.1 Å². The molecule has 0 aliphatic rings. The van der Waals surface area contributed by atoms with Crippen LogP contribution >= 0.6 is 0 Å². The number of hydrogen-bond acceptors (Lipinski definition) is 5. The van der Waals surface area contributed by atoms with E-state index >= 15 is 0 Å². The van der Waals surface area contributed by atoms with Gasteiger partial charge in [-0.2, -0.15) is 0 Å². The number of amides is 2. The van der Waals surface area contributed by atoms with Gasteiger partial charge in [0.05, 0.1) is 6.61 Å². The molecule has 2 rings (SSSR count). The van der Waals surface area contributed by atoms with E-state index in [1.54, 1.807) is 41.3 Å². The van der Waals surface area contributed by atoms with Crippen molar-refractivity contribution >= 4 is 64.5 Å². The van der Waals surface area contributed by atoms with Gasteiger partial charge in [0.25, 0.3) is 0 Å². The number of anilines is 2. The van der Waals surface area contributed by atoms with Gasteiger partial charge in [-0.1, -0.05) is 6.58 Å². The quantitative estimate of drug-likeness (QED) is 0.370. The van der Waals surface area contributed by atoms with Crippen molar-refractivity contribution in [3.63, 3.8) is 0 Å². The maximum absolute atomic E-state index is 11.9. The summed E-state index contributed by atoms with van der Waals surface area (Å²) in [6.45, 7) is 11.7. The Morgan fingerprint density at radius 2 is 1.34 bits per heavy atom. The zero-order chi connectivity index (χ0) is 25.9. The molecule has 2 amide bonds. The predicted molar refractivity (Wildman–Crippen MR) is 149 cm³/mol. The van der Waals surface area contributed by atoms with Gasteiger partial charge in [-0.25, -0.2) is 0 Å². The van der Waals surface area contributed by atoms with Crippen LogP contribution in [0.25, 0.3) is 0 Å². The third-order valence-corrected chi connectivity index (χ3v) is 4.22. The Labute approximate surface area is 211 Å². The Morgan fingerprint density at radius 1 is 0.886 bits per heavy atom. The van der Waals surface area contributed by atoms with Crippen molar-refractivity contribution in [2.75, 3.05) is 30.4 Å². The van der Waals surface area contributed by atoms with Crippen LogP contribution in [-0.2, 0) is 9.59 Å². The summed E-state index contributed by atoms with van der Waals surface area (Å²) in [4.78, 5) is 24.5. The van der Waals surface area contributed by atoms with Crippen molar-refractivity contribution < 1.29 is 19.1 Å². The molecule has 0 bridgehead atoms. The van der Waals surface area contributed by atoms with E-state index in [1.165, 1.54) is 19.7 Å². The van der Waals surface area contributed by atoms with Gasteiger partial charge in [0.1, 0.15) is 5.75 Å². The van der Waals surface area contributed by atoms with Crippen LogP contribution < -0.4 is 20.1 Å². The van der Waals surface area contributed by atoms with E-state index < -0.39 is 0 Å². The first-order valence-electron chi connectivity index (χ1n) is 11.2. The van der Waals surface area contributed by atoms with Gasteiger partial charge in [-0.3, -0.25) is 4.79 Å². The fraction of sp³-hybridized carbons (Fsp3) is 0.250. The maximum atomic E-state index is 11.9. The second kappa shape index (κ2) is 17.9. The van der Waals surface area contributed by atoms with Crippen LogP contribution in [0.3, 0.4) is 0 Å². The average molecular weight is 467 g/mol. The first kappa shape index (κ1) is 29.6. The van der Waals surface area contributed by atoms with Gasteiger partial charge in [-0.05, 0) is 44.2 Å². The third-order valence-electron chi connectivity index (χ3n) is 4.22. The Hall–Kier alpha value is -3.48. The van der Waals surface area contributed by atoms with Gasteiger partial charge in [0, 0.05) is 5.69 Å². The monoisotopic (exact) mass is 467 g/mol. The van der Waals surface area contributed by atoms with Gasteiger partial charge >= 0.3 is 122 Å². The molecule has 0 aliphatic carbocycles. The zero-order valence-corrected chi connectivity index (χ0v) is 20.3. The molecular formula is C24H29B4N3O4. The summed E-state index contributed by atoms with van der Waals surface area (Å²) < 4.78 is 10.6. The Morgan fingerprint density at radius 3 is 1.74 bits per heavy atom. The molecule has 0 aromatic heterocycles. The molecule has 11 heteroatoms. The van der Waals surface area contributed by atoms with E-state index in [2.05, 4.69) is 17.2 Å². The van der Waals surface area contributed by atoms with Crippen LogP contribution in [0.2, 0.25) is 0 Å². The molecule has 0 saturated carbocycles. The van der Waals surface area contributed by atoms with Gasteiger partial charge in [0.2, 0.25) is 5.91 Å². The van der Waals surface area contributed by atoms with E-state index in [4.69, 9.17) is 24.9 Å². The predicted octanol–water partition coefficient (Wildman–Crippen LogP) is 2.02. The Balaban J connectivity index is 0.000000379. The summed E-state index contributed by atoms with van der Waals surface area (Å²) in [5.74, 6) is 1.28. The van der Waals surface area contributed by atoms with Gasteiger partial charge in [-0.15, -0.1) is 0 Å². The SMILES string of the molecule is C=CC(=O)Nc1ccc(OCC)cc1.[B]B=CN(C=B[B])CCC(=O)Nc1ccc(OCC)cc1. The molecule has 2 N–H and O–H groups in total. The molecule has 0 atom stereocenters. The fourth-order valence-electron chi connectivity index (χ4n) is 2.67. The summed E-state index contributed by atoms with van der Waals surface area (Å²) in [6.07, 6.45) is 4.85. The molecule has 7 nitrogen and oxygen atoms in total. The summed E-state index contributed by atoms with van der Waals surface area (Å²) in [5, 5.41) is 5.47. The first-order chi connectivity index (χ1) is 16.9. The minimum absolute atomic E-state index is 0.0833. The molecule has 35 heavy (non-hydrogen) atoms. The van der Waals surface area contributed by atoms with Crippen molar-refractivity contribution in [2.24, 2.45) is 0 Å². The molecule has 0 unspecified atom stereocenters. The zero-order valence-electron chi connectivity index (χ0n) is 20.3. The van der Waals surface area contributed by atoms with E-state index in [9.17, 15) is 9.59 Å². The first-order valence-corrected chi connectivity index (χ1v) is 11.2. The summed E-state index contributed by atoms with van der Waals surface area (Å²) >= 11 is 0. The molecule has 2 aromatic carbocycles. The number of carbonyl (C=O) groups is 2. The van der Waals surface area contributed by atoms with E-state index in [0.29, 0.717) is 26.2 Å². The molecule has 2 aromatic rings. The number of ether oxygens (including phenoxy) is 2. The normalized spacial score (nSPS) is 9.77. The van der Waals surface area contributed by atoms with Crippen molar-refractivity contribution in [3.05, 3.63) is 61.2 Å². The molecule has 0 spiro atoms. The van der Waals surface area contributed by atoms with Crippen molar-refractivity contribution in [2.45, 2.75) is 20.3 Å². The molecule has 0 aliphatic heterocycles. The molecule has 4 radical (unpaired) electrons. The number of hydrogen-bond donors (Lipinski definition) is 2. The summed E-state index contributed by atoms with van der Waals surface area (Å²) in [5.41, 5.74) is 1.47. The van der Waals surface area contributed by atoms with Crippen LogP contribution in [0.15, 0.2) is 61.2 Å². The van der Waals surface area contributed by atoms with Crippen LogP contribution in [-0.4, -0.2) is 77.8 Å². The second-order valence-electron chi connectivity index (χ2n) is 6.83. The third kappa shape index (κ3) is 13.1. The number of benzene rings is 2. The van der Waals surface area contributed by atoms with Crippen molar-refractivity contribution in [1.29, 1.82) is 0 Å². The second-order valence-corrected chi connectivity index (χ2v) is 6.83. The number of rotatable bonds is 12. The number of nitrogens with zero attached hydrogens (tertiary/aromatic N) is 1. The van der Waals surface area contributed by atoms with Crippen LogP contribution in [0.1, 0.15) is 20.3 Å². The molecule has 176 valence electrons. The number of nitrogens with one attached hydrogen (secondary N) is 2.